The number of benzene rings is 1. The topological polar surface area (TPSA) is 24.4 Å². The first-order valence-electron chi connectivity index (χ1n) is 4.65. The minimum absolute atomic E-state index is 0.351. The van der Waals surface area contributed by atoms with Crippen molar-refractivity contribution in [2.24, 2.45) is 4.99 Å². The highest BCUT2D eigenvalue weighted by Gasteiger charge is 2.08. The smallest absolute Gasteiger partial charge is 0.161 e. The summed E-state index contributed by atoms with van der Waals surface area (Å²) in [6.07, 6.45) is 1.08. The molecule has 1 N–H and O–H groups in total. The Balaban J connectivity index is 2.13. The Morgan fingerprint density at radius 3 is 3.00 bits per heavy atom. The number of anilines is 1. The SMILES string of the molecule is Fc1cc(Cl)ccc1NC1=NCCCS1. The zero-order chi connectivity index (χ0) is 10.7. The van der Waals surface area contributed by atoms with Gasteiger partial charge in [-0.3, -0.25) is 4.99 Å². The fraction of sp³-hybridized carbons (Fsp3) is 0.300. The summed E-state index contributed by atoms with van der Waals surface area (Å²) in [5.74, 6) is 0.678. The highest BCUT2D eigenvalue weighted by atomic mass is 35.5. The number of aliphatic imine (C=N–C) groups is 1. The molecule has 0 aromatic heterocycles. The van der Waals surface area contributed by atoms with Gasteiger partial charge in [0.25, 0.3) is 0 Å². The number of thioether (sulfide) groups is 1. The molecule has 0 radical (unpaired) electrons. The lowest BCUT2D eigenvalue weighted by Gasteiger charge is -2.13. The summed E-state index contributed by atoms with van der Waals surface area (Å²) in [7, 11) is 0. The van der Waals surface area contributed by atoms with Crippen molar-refractivity contribution in [3.63, 3.8) is 0 Å². The molecule has 0 amide bonds. The summed E-state index contributed by atoms with van der Waals surface area (Å²) < 4.78 is 13.4. The van der Waals surface area contributed by atoms with Crippen LogP contribution >= 0.6 is 23.4 Å². The van der Waals surface area contributed by atoms with E-state index in [9.17, 15) is 4.39 Å². The van der Waals surface area contributed by atoms with E-state index in [2.05, 4.69) is 10.3 Å². The Hall–Kier alpha value is -0.740. The molecule has 0 fully saturated rings. The summed E-state index contributed by atoms with van der Waals surface area (Å²) in [5, 5.41) is 4.14. The maximum atomic E-state index is 13.4. The number of hydrogen-bond acceptors (Lipinski definition) is 3. The molecule has 0 atom stereocenters. The quantitative estimate of drug-likeness (QED) is 0.819. The number of hydrogen-bond donors (Lipinski definition) is 1. The number of nitrogens with one attached hydrogen (secondary N) is 1. The van der Waals surface area contributed by atoms with Crippen molar-refractivity contribution in [1.82, 2.24) is 0 Å². The van der Waals surface area contributed by atoms with E-state index in [1.54, 1.807) is 23.9 Å². The maximum absolute atomic E-state index is 13.4. The van der Waals surface area contributed by atoms with Crippen molar-refractivity contribution in [3.05, 3.63) is 29.0 Å². The van der Waals surface area contributed by atoms with Gasteiger partial charge in [0.1, 0.15) is 5.82 Å². The van der Waals surface area contributed by atoms with Gasteiger partial charge in [-0.25, -0.2) is 4.39 Å². The average molecular weight is 245 g/mol. The van der Waals surface area contributed by atoms with Crippen LogP contribution in [-0.2, 0) is 0 Å². The van der Waals surface area contributed by atoms with Crippen LogP contribution in [-0.4, -0.2) is 17.5 Å². The predicted molar refractivity (Wildman–Crippen MR) is 64.4 cm³/mol. The number of nitrogens with zero attached hydrogens (tertiary/aromatic N) is 1. The van der Waals surface area contributed by atoms with Crippen molar-refractivity contribution < 1.29 is 4.39 Å². The second-order valence-electron chi connectivity index (χ2n) is 3.14. The molecular weight excluding hydrogens is 235 g/mol. The summed E-state index contributed by atoms with van der Waals surface area (Å²) in [5.41, 5.74) is 0.424. The molecular formula is C10H10ClFN2S. The first kappa shape index (κ1) is 10.8. The van der Waals surface area contributed by atoms with Gasteiger partial charge in [-0.15, -0.1) is 0 Å². The van der Waals surface area contributed by atoms with Crippen LogP contribution in [0.5, 0.6) is 0 Å². The predicted octanol–water partition coefficient (Wildman–Crippen LogP) is 3.38. The second kappa shape index (κ2) is 4.86. The summed E-state index contributed by atoms with van der Waals surface area (Å²) in [4.78, 5) is 4.26. The third-order valence-electron chi connectivity index (χ3n) is 1.97. The van der Waals surface area contributed by atoms with E-state index in [4.69, 9.17) is 11.6 Å². The van der Waals surface area contributed by atoms with Gasteiger partial charge in [0.2, 0.25) is 0 Å². The van der Waals surface area contributed by atoms with Gasteiger partial charge in [-0.2, -0.15) is 0 Å². The summed E-state index contributed by atoms with van der Waals surface area (Å²) in [6.45, 7) is 0.810. The molecule has 0 spiro atoms. The van der Waals surface area contributed by atoms with Crippen molar-refractivity contribution in [1.29, 1.82) is 0 Å². The van der Waals surface area contributed by atoms with Gasteiger partial charge in [0.05, 0.1) is 5.69 Å². The Bertz CT molecular complexity index is 395. The largest absolute Gasteiger partial charge is 0.333 e. The molecule has 2 rings (SSSR count). The lowest BCUT2D eigenvalue weighted by Crippen LogP contribution is -2.14. The molecule has 2 nitrogen and oxygen atoms in total. The molecule has 1 aromatic carbocycles. The van der Waals surface area contributed by atoms with Crippen molar-refractivity contribution in [2.75, 3.05) is 17.6 Å². The van der Waals surface area contributed by atoms with Crippen LogP contribution in [0.3, 0.4) is 0 Å². The van der Waals surface area contributed by atoms with E-state index < -0.39 is 0 Å². The molecule has 0 unspecified atom stereocenters. The van der Waals surface area contributed by atoms with Crippen LogP contribution in [0.25, 0.3) is 0 Å². The van der Waals surface area contributed by atoms with Crippen LogP contribution in [0.4, 0.5) is 10.1 Å². The van der Waals surface area contributed by atoms with E-state index in [0.717, 1.165) is 23.9 Å². The molecule has 0 saturated carbocycles. The van der Waals surface area contributed by atoms with Gasteiger partial charge < -0.3 is 5.32 Å². The molecule has 0 aliphatic carbocycles. The van der Waals surface area contributed by atoms with E-state index in [1.165, 1.54) is 6.07 Å². The van der Waals surface area contributed by atoms with Crippen molar-refractivity contribution in [3.8, 4) is 0 Å². The molecule has 0 bridgehead atoms. The lowest BCUT2D eigenvalue weighted by molar-refractivity contribution is 0.632. The normalized spacial score (nSPS) is 16.0. The van der Waals surface area contributed by atoms with Crippen molar-refractivity contribution >= 4 is 34.2 Å². The third-order valence-corrected chi connectivity index (χ3v) is 3.20. The summed E-state index contributed by atoms with van der Waals surface area (Å²) >= 11 is 7.27. The van der Waals surface area contributed by atoms with E-state index in [-0.39, 0.29) is 5.82 Å². The highest BCUT2D eigenvalue weighted by molar-refractivity contribution is 8.14. The third kappa shape index (κ3) is 2.86. The minimum atomic E-state index is -0.351. The van der Waals surface area contributed by atoms with Crippen LogP contribution in [0.2, 0.25) is 5.02 Å². The van der Waals surface area contributed by atoms with Crippen LogP contribution in [0.1, 0.15) is 6.42 Å². The molecule has 1 aliphatic rings. The van der Waals surface area contributed by atoms with Crippen LogP contribution in [0.15, 0.2) is 23.2 Å². The zero-order valence-electron chi connectivity index (χ0n) is 7.96. The van der Waals surface area contributed by atoms with Gasteiger partial charge in [-0.1, -0.05) is 23.4 Å². The van der Waals surface area contributed by atoms with Crippen molar-refractivity contribution in [2.45, 2.75) is 6.42 Å². The highest BCUT2D eigenvalue weighted by Crippen LogP contribution is 2.21. The average Bonchev–Trinajstić information content (AvgIpc) is 2.24. The van der Waals surface area contributed by atoms with E-state index in [0.29, 0.717) is 10.7 Å². The second-order valence-corrected chi connectivity index (χ2v) is 4.66. The van der Waals surface area contributed by atoms with E-state index in [1.807, 2.05) is 0 Å². The molecule has 80 valence electrons. The van der Waals surface area contributed by atoms with Gasteiger partial charge in [0, 0.05) is 17.3 Å². The minimum Gasteiger partial charge on any atom is -0.333 e. The van der Waals surface area contributed by atoms with Gasteiger partial charge in [0.15, 0.2) is 5.17 Å². The molecule has 1 heterocycles. The maximum Gasteiger partial charge on any atom is 0.161 e. The van der Waals surface area contributed by atoms with Crippen LogP contribution in [0, 0.1) is 5.82 Å². The lowest BCUT2D eigenvalue weighted by atomic mass is 10.3. The van der Waals surface area contributed by atoms with Crippen LogP contribution < -0.4 is 5.32 Å². The van der Waals surface area contributed by atoms with Gasteiger partial charge in [-0.05, 0) is 24.6 Å². The fourth-order valence-corrected chi connectivity index (χ4v) is 2.23. The Kier molecular flexibility index (Phi) is 3.49. The Labute approximate surface area is 96.9 Å². The molecule has 1 aromatic rings. The Morgan fingerprint density at radius 1 is 1.47 bits per heavy atom. The fourth-order valence-electron chi connectivity index (χ4n) is 1.24. The number of amidine groups is 1. The van der Waals surface area contributed by atoms with Gasteiger partial charge >= 0.3 is 0 Å². The first-order chi connectivity index (χ1) is 7.25. The Morgan fingerprint density at radius 2 is 2.33 bits per heavy atom. The molecule has 5 heteroatoms. The molecule has 0 saturated heterocycles. The standard InChI is InChI=1S/C10H10ClFN2S/c11-7-2-3-9(8(12)6-7)14-10-13-4-1-5-15-10/h2-3,6H,1,4-5H2,(H,13,14). The number of halogens is 2. The zero-order valence-corrected chi connectivity index (χ0v) is 9.54. The summed E-state index contributed by atoms with van der Waals surface area (Å²) in [6, 6.07) is 4.56. The van der Waals surface area contributed by atoms with E-state index >= 15 is 0 Å². The molecule has 15 heavy (non-hydrogen) atoms. The monoisotopic (exact) mass is 244 g/mol. The molecule has 1 aliphatic heterocycles. The number of rotatable bonds is 1. The first-order valence-corrected chi connectivity index (χ1v) is 6.01.